The highest BCUT2D eigenvalue weighted by Gasteiger charge is 2.05. The standard InChI is InChI=1S/C11H18ClNS/c1-3-13-7-6-9(2)8-10-4-5-11(12)14-10/h4-5,9,13H,3,6-8H2,1-2H3. The average molecular weight is 232 g/mol. The van der Waals surface area contributed by atoms with Crippen molar-refractivity contribution in [1.82, 2.24) is 5.32 Å². The zero-order valence-corrected chi connectivity index (χ0v) is 10.4. The van der Waals surface area contributed by atoms with E-state index < -0.39 is 0 Å². The molecule has 0 saturated carbocycles. The van der Waals surface area contributed by atoms with E-state index in [4.69, 9.17) is 11.6 Å². The lowest BCUT2D eigenvalue weighted by Crippen LogP contribution is -2.17. The van der Waals surface area contributed by atoms with Crippen molar-refractivity contribution in [3.05, 3.63) is 21.3 Å². The van der Waals surface area contributed by atoms with E-state index in [-0.39, 0.29) is 0 Å². The molecule has 1 N–H and O–H groups in total. The molecule has 0 spiro atoms. The Kier molecular flexibility index (Phi) is 5.53. The van der Waals surface area contributed by atoms with Gasteiger partial charge in [-0.05, 0) is 44.0 Å². The Bertz CT molecular complexity index is 260. The second-order valence-electron chi connectivity index (χ2n) is 3.66. The summed E-state index contributed by atoms with van der Waals surface area (Å²) >= 11 is 7.58. The minimum absolute atomic E-state index is 0.740. The minimum Gasteiger partial charge on any atom is -0.317 e. The summed E-state index contributed by atoms with van der Waals surface area (Å²) in [6.45, 7) is 6.63. The Labute approximate surface area is 95.5 Å². The molecular formula is C11H18ClNS. The van der Waals surface area contributed by atoms with Crippen LogP contribution < -0.4 is 5.32 Å². The van der Waals surface area contributed by atoms with Crippen molar-refractivity contribution in [3.8, 4) is 0 Å². The Morgan fingerprint density at radius 1 is 1.50 bits per heavy atom. The zero-order valence-electron chi connectivity index (χ0n) is 8.85. The van der Waals surface area contributed by atoms with Gasteiger partial charge in [-0.15, -0.1) is 11.3 Å². The van der Waals surface area contributed by atoms with E-state index in [9.17, 15) is 0 Å². The highest BCUT2D eigenvalue weighted by Crippen LogP contribution is 2.24. The van der Waals surface area contributed by atoms with Gasteiger partial charge < -0.3 is 5.32 Å². The molecule has 0 aliphatic carbocycles. The van der Waals surface area contributed by atoms with Crippen molar-refractivity contribution in [3.63, 3.8) is 0 Å². The quantitative estimate of drug-likeness (QED) is 0.738. The molecule has 1 heterocycles. The topological polar surface area (TPSA) is 12.0 Å². The van der Waals surface area contributed by atoms with Gasteiger partial charge in [0.05, 0.1) is 4.34 Å². The van der Waals surface area contributed by atoms with Crippen LogP contribution in [0, 0.1) is 5.92 Å². The largest absolute Gasteiger partial charge is 0.317 e. The van der Waals surface area contributed by atoms with Gasteiger partial charge in [0.15, 0.2) is 0 Å². The predicted molar refractivity (Wildman–Crippen MR) is 65.4 cm³/mol. The maximum atomic E-state index is 5.88. The number of rotatable bonds is 6. The first-order valence-corrected chi connectivity index (χ1v) is 6.36. The lowest BCUT2D eigenvalue weighted by atomic mass is 10.0. The molecule has 1 rings (SSSR count). The molecule has 14 heavy (non-hydrogen) atoms. The molecule has 0 aliphatic heterocycles. The second kappa shape index (κ2) is 6.44. The van der Waals surface area contributed by atoms with Crippen LogP contribution in [0.5, 0.6) is 0 Å². The Balaban J connectivity index is 2.23. The average Bonchev–Trinajstić information content (AvgIpc) is 2.52. The zero-order chi connectivity index (χ0) is 10.4. The van der Waals surface area contributed by atoms with Crippen LogP contribution in [0.4, 0.5) is 0 Å². The summed E-state index contributed by atoms with van der Waals surface area (Å²) in [6.07, 6.45) is 2.39. The van der Waals surface area contributed by atoms with Gasteiger partial charge in [-0.1, -0.05) is 25.4 Å². The lowest BCUT2D eigenvalue weighted by molar-refractivity contribution is 0.507. The fourth-order valence-electron chi connectivity index (χ4n) is 1.43. The highest BCUT2D eigenvalue weighted by atomic mass is 35.5. The van der Waals surface area contributed by atoms with Gasteiger partial charge in [0, 0.05) is 4.88 Å². The van der Waals surface area contributed by atoms with Gasteiger partial charge in [0.1, 0.15) is 0 Å². The molecule has 0 saturated heterocycles. The first-order valence-electron chi connectivity index (χ1n) is 5.17. The predicted octanol–water partition coefficient (Wildman–Crippen LogP) is 3.58. The molecule has 0 aliphatic rings. The third-order valence-corrected chi connectivity index (χ3v) is 3.50. The molecule has 1 aromatic rings. The summed E-state index contributed by atoms with van der Waals surface area (Å²) in [4.78, 5) is 1.40. The smallest absolute Gasteiger partial charge is 0.0931 e. The fourth-order valence-corrected chi connectivity index (χ4v) is 2.68. The second-order valence-corrected chi connectivity index (χ2v) is 5.46. The molecule has 3 heteroatoms. The summed E-state index contributed by atoms with van der Waals surface area (Å²) in [5.41, 5.74) is 0. The van der Waals surface area contributed by atoms with Crippen molar-refractivity contribution >= 4 is 22.9 Å². The van der Waals surface area contributed by atoms with Crippen LogP contribution in [0.15, 0.2) is 12.1 Å². The van der Waals surface area contributed by atoms with E-state index in [1.807, 2.05) is 6.07 Å². The SMILES string of the molecule is CCNCCC(C)Cc1ccc(Cl)s1. The number of halogens is 1. The van der Waals surface area contributed by atoms with Gasteiger partial charge >= 0.3 is 0 Å². The normalized spacial score (nSPS) is 13.1. The van der Waals surface area contributed by atoms with Gasteiger partial charge in [0.25, 0.3) is 0 Å². The monoisotopic (exact) mass is 231 g/mol. The molecule has 0 fully saturated rings. The minimum atomic E-state index is 0.740. The number of hydrogen-bond donors (Lipinski definition) is 1. The van der Waals surface area contributed by atoms with Crippen LogP contribution >= 0.6 is 22.9 Å². The molecule has 0 aromatic carbocycles. The van der Waals surface area contributed by atoms with Crippen LogP contribution in [-0.2, 0) is 6.42 Å². The third kappa shape index (κ3) is 4.45. The Hall–Kier alpha value is -0.0500. The number of thiophene rings is 1. The Morgan fingerprint density at radius 3 is 2.86 bits per heavy atom. The molecule has 0 bridgehead atoms. The summed E-state index contributed by atoms with van der Waals surface area (Å²) in [6, 6.07) is 4.12. The molecule has 1 aromatic heterocycles. The first-order chi connectivity index (χ1) is 6.72. The molecule has 0 amide bonds. The summed E-state index contributed by atoms with van der Waals surface area (Å²) < 4.78 is 0.902. The molecule has 1 atom stereocenters. The molecular weight excluding hydrogens is 214 g/mol. The fraction of sp³-hybridized carbons (Fsp3) is 0.636. The van der Waals surface area contributed by atoms with Crippen LogP contribution in [-0.4, -0.2) is 13.1 Å². The van der Waals surface area contributed by atoms with E-state index in [2.05, 4.69) is 25.2 Å². The summed E-state index contributed by atoms with van der Waals surface area (Å²) in [5.74, 6) is 0.740. The van der Waals surface area contributed by atoms with Crippen LogP contribution in [0.25, 0.3) is 0 Å². The van der Waals surface area contributed by atoms with Crippen molar-refractivity contribution < 1.29 is 0 Å². The highest BCUT2D eigenvalue weighted by molar-refractivity contribution is 7.16. The first kappa shape index (κ1) is 12.0. The van der Waals surface area contributed by atoms with Gasteiger partial charge in [-0.3, -0.25) is 0 Å². The van der Waals surface area contributed by atoms with Gasteiger partial charge in [0.2, 0.25) is 0 Å². The van der Waals surface area contributed by atoms with E-state index in [0.29, 0.717) is 0 Å². The van der Waals surface area contributed by atoms with Crippen molar-refractivity contribution in [2.45, 2.75) is 26.7 Å². The van der Waals surface area contributed by atoms with Crippen LogP contribution in [0.1, 0.15) is 25.1 Å². The van der Waals surface area contributed by atoms with Crippen LogP contribution in [0.3, 0.4) is 0 Å². The molecule has 1 unspecified atom stereocenters. The van der Waals surface area contributed by atoms with Crippen LogP contribution in [0.2, 0.25) is 4.34 Å². The van der Waals surface area contributed by atoms with Crippen molar-refractivity contribution in [2.75, 3.05) is 13.1 Å². The maximum Gasteiger partial charge on any atom is 0.0931 e. The van der Waals surface area contributed by atoms with Gasteiger partial charge in [-0.2, -0.15) is 0 Å². The van der Waals surface area contributed by atoms with E-state index in [1.165, 1.54) is 11.3 Å². The lowest BCUT2D eigenvalue weighted by Gasteiger charge is -2.09. The van der Waals surface area contributed by atoms with Crippen molar-refractivity contribution in [2.24, 2.45) is 5.92 Å². The molecule has 80 valence electrons. The third-order valence-electron chi connectivity index (χ3n) is 2.24. The molecule has 0 radical (unpaired) electrons. The van der Waals surface area contributed by atoms with E-state index >= 15 is 0 Å². The number of nitrogens with one attached hydrogen (secondary N) is 1. The number of hydrogen-bond acceptors (Lipinski definition) is 2. The maximum absolute atomic E-state index is 5.88. The molecule has 1 nitrogen and oxygen atoms in total. The summed E-state index contributed by atoms with van der Waals surface area (Å²) in [7, 11) is 0. The summed E-state index contributed by atoms with van der Waals surface area (Å²) in [5, 5.41) is 3.35. The van der Waals surface area contributed by atoms with E-state index in [1.54, 1.807) is 11.3 Å². The van der Waals surface area contributed by atoms with Gasteiger partial charge in [-0.25, -0.2) is 0 Å². The Morgan fingerprint density at radius 2 is 2.29 bits per heavy atom. The van der Waals surface area contributed by atoms with E-state index in [0.717, 1.165) is 29.8 Å². The van der Waals surface area contributed by atoms with Crippen molar-refractivity contribution in [1.29, 1.82) is 0 Å².